The number of amides is 2. The summed E-state index contributed by atoms with van der Waals surface area (Å²) in [7, 11) is 0. The summed E-state index contributed by atoms with van der Waals surface area (Å²) in [6.45, 7) is 3.34. The van der Waals surface area contributed by atoms with Crippen LogP contribution in [0.1, 0.15) is 12.5 Å². The second-order valence-corrected chi connectivity index (χ2v) is 2.96. The maximum Gasteiger partial charge on any atom is 0.323 e. The average Bonchev–Trinajstić information content (AvgIpc) is 2.17. The summed E-state index contributed by atoms with van der Waals surface area (Å²) in [5, 5.41) is 2.74. The third-order valence-corrected chi connectivity index (χ3v) is 2.15. The van der Waals surface area contributed by atoms with Crippen molar-refractivity contribution in [1.29, 1.82) is 0 Å². The van der Waals surface area contributed by atoms with Gasteiger partial charge in [-0.25, -0.2) is 9.78 Å². The van der Waals surface area contributed by atoms with Crippen LogP contribution in [0, 0.1) is 0 Å². The largest absolute Gasteiger partial charge is 0.323 e. The molecule has 0 saturated heterocycles. The maximum atomic E-state index is 11.4. The SMILES string of the molecule is CCN1Cc2cccnc2NC1=O. The third-order valence-electron chi connectivity index (χ3n) is 2.15. The van der Waals surface area contributed by atoms with Crippen LogP contribution >= 0.6 is 0 Å². The Balaban J connectivity index is 2.33. The molecule has 2 rings (SSSR count). The summed E-state index contributed by atoms with van der Waals surface area (Å²) in [4.78, 5) is 17.2. The minimum absolute atomic E-state index is 0.0614. The molecule has 1 aromatic rings. The molecular formula is C9H11N3O. The van der Waals surface area contributed by atoms with E-state index in [0.29, 0.717) is 12.4 Å². The van der Waals surface area contributed by atoms with E-state index >= 15 is 0 Å². The van der Waals surface area contributed by atoms with Gasteiger partial charge in [0, 0.05) is 18.3 Å². The number of nitrogens with one attached hydrogen (secondary N) is 1. The molecule has 0 fully saturated rings. The molecule has 0 aromatic carbocycles. The Labute approximate surface area is 76.6 Å². The molecular weight excluding hydrogens is 166 g/mol. The van der Waals surface area contributed by atoms with E-state index in [2.05, 4.69) is 10.3 Å². The summed E-state index contributed by atoms with van der Waals surface area (Å²) < 4.78 is 0. The van der Waals surface area contributed by atoms with E-state index in [1.807, 2.05) is 19.1 Å². The lowest BCUT2D eigenvalue weighted by atomic mass is 10.2. The molecule has 1 aliphatic rings. The number of carbonyl (C=O) groups excluding carboxylic acids is 1. The standard InChI is InChI=1S/C9H11N3O/c1-2-12-6-7-4-3-5-10-8(7)11-9(12)13/h3-5H,2,6H2,1H3,(H,10,11,13). The number of pyridine rings is 1. The zero-order valence-electron chi connectivity index (χ0n) is 7.45. The highest BCUT2D eigenvalue weighted by Crippen LogP contribution is 2.19. The van der Waals surface area contributed by atoms with Crippen LogP contribution in [0.4, 0.5) is 10.6 Å². The maximum absolute atomic E-state index is 11.4. The van der Waals surface area contributed by atoms with E-state index in [4.69, 9.17) is 0 Å². The molecule has 0 spiro atoms. The van der Waals surface area contributed by atoms with E-state index in [9.17, 15) is 4.79 Å². The van der Waals surface area contributed by atoms with Gasteiger partial charge in [-0.3, -0.25) is 5.32 Å². The van der Waals surface area contributed by atoms with Crippen LogP contribution in [0.5, 0.6) is 0 Å². The predicted molar refractivity (Wildman–Crippen MR) is 49.3 cm³/mol. The number of carbonyl (C=O) groups is 1. The third kappa shape index (κ3) is 1.35. The van der Waals surface area contributed by atoms with E-state index in [0.717, 1.165) is 12.1 Å². The molecule has 0 aliphatic carbocycles. The molecule has 2 heterocycles. The summed E-state index contributed by atoms with van der Waals surface area (Å²) in [6.07, 6.45) is 1.68. The fourth-order valence-electron chi connectivity index (χ4n) is 1.39. The predicted octanol–water partition coefficient (Wildman–Crippen LogP) is 1.45. The van der Waals surface area contributed by atoms with Crippen LogP contribution in [0.3, 0.4) is 0 Å². The van der Waals surface area contributed by atoms with Crippen molar-refractivity contribution in [1.82, 2.24) is 9.88 Å². The van der Waals surface area contributed by atoms with Crippen molar-refractivity contribution in [3.8, 4) is 0 Å². The fourth-order valence-corrected chi connectivity index (χ4v) is 1.39. The van der Waals surface area contributed by atoms with Gasteiger partial charge in [0.15, 0.2) is 0 Å². The Bertz CT molecular complexity index is 337. The Morgan fingerprint density at radius 1 is 1.69 bits per heavy atom. The minimum atomic E-state index is -0.0614. The van der Waals surface area contributed by atoms with Crippen LogP contribution < -0.4 is 5.32 Å². The molecule has 4 nitrogen and oxygen atoms in total. The van der Waals surface area contributed by atoms with Crippen molar-refractivity contribution in [3.63, 3.8) is 0 Å². The fraction of sp³-hybridized carbons (Fsp3) is 0.333. The molecule has 1 N–H and O–H groups in total. The highest BCUT2D eigenvalue weighted by atomic mass is 16.2. The van der Waals surface area contributed by atoms with Gasteiger partial charge in [-0.1, -0.05) is 6.07 Å². The van der Waals surface area contributed by atoms with Gasteiger partial charge in [-0.2, -0.15) is 0 Å². The van der Waals surface area contributed by atoms with Crippen LogP contribution in [0.15, 0.2) is 18.3 Å². The Hall–Kier alpha value is -1.58. The zero-order chi connectivity index (χ0) is 9.26. The van der Waals surface area contributed by atoms with Crippen molar-refractivity contribution < 1.29 is 4.79 Å². The van der Waals surface area contributed by atoms with Gasteiger partial charge in [0.1, 0.15) is 5.82 Å². The number of hydrogen-bond donors (Lipinski definition) is 1. The molecule has 0 saturated carbocycles. The molecule has 0 unspecified atom stereocenters. The van der Waals surface area contributed by atoms with Crippen LogP contribution in [-0.4, -0.2) is 22.5 Å². The monoisotopic (exact) mass is 177 g/mol. The quantitative estimate of drug-likeness (QED) is 0.705. The highest BCUT2D eigenvalue weighted by molar-refractivity contribution is 5.90. The van der Waals surface area contributed by atoms with Gasteiger partial charge >= 0.3 is 6.03 Å². The number of fused-ring (bicyclic) bond motifs is 1. The first kappa shape index (κ1) is 8.04. The summed E-state index contributed by atoms with van der Waals surface area (Å²) >= 11 is 0. The smallest absolute Gasteiger partial charge is 0.320 e. The molecule has 13 heavy (non-hydrogen) atoms. The number of hydrogen-bond acceptors (Lipinski definition) is 2. The van der Waals surface area contributed by atoms with Gasteiger partial charge in [0.25, 0.3) is 0 Å². The van der Waals surface area contributed by atoms with Crippen molar-refractivity contribution in [2.24, 2.45) is 0 Å². The van der Waals surface area contributed by atoms with Gasteiger partial charge in [0.05, 0.1) is 6.54 Å². The van der Waals surface area contributed by atoms with Gasteiger partial charge < -0.3 is 4.90 Å². The number of nitrogens with zero attached hydrogens (tertiary/aromatic N) is 2. The second kappa shape index (κ2) is 3.05. The molecule has 0 radical (unpaired) electrons. The number of rotatable bonds is 1. The first-order valence-corrected chi connectivity index (χ1v) is 4.31. The number of aromatic nitrogens is 1. The molecule has 0 atom stereocenters. The first-order valence-electron chi connectivity index (χ1n) is 4.31. The van der Waals surface area contributed by atoms with Crippen molar-refractivity contribution in [2.45, 2.75) is 13.5 Å². The Morgan fingerprint density at radius 2 is 2.54 bits per heavy atom. The summed E-state index contributed by atoms with van der Waals surface area (Å²) in [5.41, 5.74) is 1.07. The van der Waals surface area contributed by atoms with Crippen molar-refractivity contribution >= 4 is 11.8 Å². The van der Waals surface area contributed by atoms with Crippen LogP contribution in [-0.2, 0) is 6.54 Å². The van der Waals surface area contributed by atoms with E-state index in [1.54, 1.807) is 11.1 Å². The molecule has 2 amide bonds. The Kier molecular flexibility index (Phi) is 1.88. The lowest BCUT2D eigenvalue weighted by Crippen LogP contribution is -2.38. The lowest BCUT2D eigenvalue weighted by molar-refractivity contribution is 0.209. The molecule has 1 aromatic heterocycles. The number of urea groups is 1. The summed E-state index contributed by atoms with van der Waals surface area (Å²) in [6, 6.07) is 3.79. The van der Waals surface area contributed by atoms with Crippen molar-refractivity contribution in [3.05, 3.63) is 23.9 Å². The normalized spacial score (nSPS) is 15.2. The molecule has 0 bridgehead atoms. The van der Waals surface area contributed by atoms with Crippen molar-refractivity contribution in [2.75, 3.05) is 11.9 Å². The summed E-state index contributed by atoms with van der Waals surface area (Å²) in [5.74, 6) is 0.692. The van der Waals surface area contributed by atoms with Gasteiger partial charge in [0.2, 0.25) is 0 Å². The number of anilines is 1. The van der Waals surface area contributed by atoms with E-state index < -0.39 is 0 Å². The highest BCUT2D eigenvalue weighted by Gasteiger charge is 2.20. The van der Waals surface area contributed by atoms with Gasteiger partial charge in [-0.05, 0) is 13.0 Å². The van der Waals surface area contributed by atoms with E-state index in [-0.39, 0.29) is 6.03 Å². The van der Waals surface area contributed by atoms with E-state index in [1.165, 1.54) is 0 Å². The van der Waals surface area contributed by atoms with Crippen LogP contribution in [0.25, 0.3) is 0 Å². The first-order chi connectivity index (χ1) is 6.31. The minimum Gasteiger partial charge on any atom is -0.320 e. The molecule has 1 aliphatic heterocycles. The van der Waals surface area contributed by atoms with Crippen LogP contribution in [0.2, 0.25) is 0 Å². The zero-order valence-corrected chi connectivity index (χ0v) is 7.45. The molecule has 4 heteroatoms. The average molecular weight is 177 g/mol. The lowest BCUT2D eigenvalue weighted by Gasteiger charge is -2.27. The topological polar surface area (TPSA) is 45.2 Å². The molecule has 68 valence electrons. The van der Waals surface area contributed by atoms with Gasteiger partial charge in [-0.15, -0.1) is 0 Å². The second-order valence-electron chi connectivity index (χ2n) is 2.96. The Morgan fingerprint density at radius 3 is 3.31 bits per heavy atom.